The summed E-state index contributed by atoms with van der Waals surface area (Å²) in [6.45, 7) is 6.16. The van der Waals surface area contributed by atoms with E-state index in [1.165, 1.54) is 4.88 Å². The van der Waals surface area contributed by atoms with Crippen LogP contribution < -0.4 is 5.73 Å². The third-order valence-electron chi connectivity index (χ3n) is 3.14. The van der Waals surface area contributed by atoms with Gasteiger partial charge in [0.2, 0.25) is 0 Å². The minimum Gasteiger partial charge on any atom is -0.351 e. The summed E-state index contributed by atoms with van der Waals surface area (Å²) < 4.78 is 0. The van der Waals surface area contributed by atoms with Gasteiger partial charge in [-0.15, -0.1) is 11.3 Å². The number of thiophene rings is 1. The average Bonchev–Trinajstić information content (AvgIpc) is 2.78. The molecular formula is C12H15N3S2. The van der Waals surface area contributed by atoms with E-state index in [1.807, 2.05) is 0 Å². The van der Waals surface area contributed by atoms with Crippen LogP contribution >= 0.6 is 23.1 Å². The van der Waals surface area contributed by atoms with Crippen molar-refractivity contribution in [3.8, 4) is 0 Å². The molecule has 1 fully saturated rings. The fourth-order valence-corrected chi connectivity index (χ4v) is 3.95. The Labute approximate surface area is 109 Å². The Bertz CT molecular complexity index is 470. The van der Waals surface area contributed by atoms with E-state index in [-0.39, 0.29) is 0 Å². The summed E-state index contributed by atoms with van der Waals surface area (Å²) in [5, 5.41) is 3.17. The molecule has 2 aliphatic rings. The number of amidine groups is 1. The van der Waals surface area contributed by atoms with Crippen molar-refractivity contribution >= 4 is 38.9 Å². The second kappa shape index (κ2) is 4.48. The SMILES string of the molecule is C=C1SC(N2CCC(N)CC2)=Nc2ccsc21. The highest BCUT2D eigenvalue weighted by Crippen LogP contribution is 2.43. The lowest BCUT2D eigenvalue weighted by Gasteiger charge is -2.33. The number of nitrogens with zero attached hydrogens (tertiary/aromatic N) is 2. The van der Waals surface area contributed by atoms with E-state index in [9.17, 15) is 0 Å². The first kappa shape index (κ1) is 11.3. The zero-order valence-electron chi connectivity index (χ0n) is 9.56. The Hall–Kier alpha value is -0.780. The summed E-state index contributed by atoms with van der Waals surface area (Å²) in [5.74, 6) is 0. The molecule has 3 heterocycles. The molecule has 1 saturated heterocycles. The second-order valence-corrected chi connectivity index (χ2v) is 6.36. The molecule has 0 amide bonds. The number of likely N-dealkylation sites (tertiary alicyclic amines) is 1. The lowest BCUT2D eigenvalue weighted by molar-refractivity contribution is 0.318. The molecule has 0 aliphatic carbocycles. The van der Waals surface area contributed by atoms with Gasteiger partial charge in [0, 0.05) is 24.0 Å². The van der Waals surface area contributed by atoms with Gasteiger partial charge in [-0.1, -0.05) is 18.3 Å². The van der Waals surface area contributed by atoms with E-state index in [0.29, 0.717) is 6.04 Å². The molecule has 0 unspecified atom stereocenters. The van der Waals surface area contributed by atoms with Crippen molar-refractivity contribution in [2.24, 2.45) is 10.7 Å². The van der Waals surface area contributed by atoms with Crippen LogP contribution in [-0.2, 0) is 0 Å². The first-order valence-corrected chi connectivity index (χ1v) is 7.47. The number of aliphatic imine (C=N–C) groups is 1. The van der Waals surface area contributed by atoms with Crippen LogP contribution in [0, 0.1) is 0 Å². The standard InChI is InChI=1S/C12H15N3S2/c1-8-11-10(4-7-16-11)14-12(17-8)15-5-2-9(13)3-6-15/h4,7,9H,1-3,5-6,13H2. The van der Waals surface area contributed by atoms with Crippen molar-refractivity contribution in [2.75, 3.05) is 13.1 Å². The molecule has 0 radical (unpaired) electrons. The Balaban J connectivity index is 1.84. The van der Waals surface area contributed by atoms with Gasteiger partial charge in [0.15, 0.2) is 5.17 Å². The van der Waals surface area contributed by atoms with Gasteiger partial charge in [0.05, 0.1) is 10.6 Å². The van der Waals surface area contributed by atoms with Crippen LogP contribution in [0.1, 0.15) is 17.7 Å². The molecule has 5 heteroatoms. The zero-order chi connectivity index (χ0) is 11.8. The highest BCUT2D eigenvalue weighted by molar-refractivity contribution is 8.21. The van der Waals surface area contributed by atoms with Gasteiger partial charge in [0.1, 0.15) is 0 Å². The third kappa shape index (κ3) is 2.14. The van der Waals surface area contributed by atoms with Gasteiger partial charge in [-0.2, -0.15) is 0 Å². The first-order chi connectivity index (χ1) is 8.24. The van der Waals surface area contributed by atoms with Crippen molar-refractivity contribution in [3.63, 3.8) is 0 Å². The molecule has 90 valence electrons. The smallest absolute Gasteiger partial charge is 0.169 e. The summed E-state index contributed by atoms with van der Waals surface area (Å²) >= 11 is 3.41. The summed E-state index contributed by atoms with van der Waals surface area (Å²) in [6.07, 6.45) is 2.12. The molecule has 2 aliphatic heterocycles. The van der Waals surface area contributed by atoms with Crippen molar-refractivity contribution in [1.82, 2.24) is 4.90 Å². The maximum atomic E-state index is 5.92. The normalized spacial score (nSPS) is 21.4. The number of rotatable bonds is 0. The number of thioether (sulfide) groups is 1. The topological polar surface area (TPSA) is 41.6 Å². The van der Waals surface area contributed by atoms with Gasteiger partial charge in [-0.3, -0.25) is 0 Å². The Morgan fingerprint density at radius 1 is 1.41 bits per heavy atom. The van der Waals surface area contributed by atoms with Crippen LogP contribution in [-0.4, -0.2) is 29.2 Å². The average molecular weight is 265 g/mol. The molecular weight excluding hydrogens is 250 g/mol. The van der Waals surface area contributed by atoms with E-state index < -0.39 is 0 Å². The van der Waals surface area contributed by atoms with E-state index in [4.69, 9.17) is 10.7 Å². The van der Waals surface area contributed by atoms with E-state index in [1.54, 1.807) is 23.1 Å². The lowest BCUT2D eigenvalue weighted by Crippen LogP contribution is -2.42. The van der Waals surface area contributed by atoms with Gasteiger partial charge in [-0.25, -0.2) is 4.99 Å². The maximum absolute atomic E-state index is 5.92. The Morgan fingerprint density at radius 2 is 2.18 bits per heavy atom. The molecule has 3 nitrogen and oxygen atoms in total. The highest BCUT2D eigenvalue weighted by atomic mass is 32.2. The first-order valence-electron chi connectivity index (χ1n) is 5.78. The molecule has 0 saturated carbocycles. The lowest BCUT2D eigenvalue weighted by atomic mass is 10.1. The van der Waals surface area contributed by atoms with Crippen LogP contribution in [0.25, 0.3) is 4.91 Å². The molecule has 0 aromatic carbocycles. The molecule has 3 rings (SSSR count). The molecule has 0 bridgehead atoms. The number of hydrogen-bond donors (Lipinski definition) is 1. The fraction of sp³-hybridized carbons (Fsp3) is 0.417. The van der Waals surface area contributed by atoms with Crippen LogP contribution in [0.4, 0.5) is 5.69 Å². The second-order valence-electron chi connectivity index (χ2n) is 4.38. The summed E-state index contributed by atoms with van der Waals surface area (Å²) in [7, 11) is 0. The van der Waals surface area contributed by atoms with Crippen molar-refractivity contribution < 1.29 is 0 Å². The van der Waals surface area contributed by atoms with Gasteiger partial charge < -0.3 is 10.6 Å². The van der Waals surface area contributed by atoms with E-state index in [0.717, 1.165) is 41.7 Å². The molecule has 0 spiro atoms. The quantitative estimate of drug-likeness (QED) is 0.784. The van der Waals surface area contributed by atoms with Crippen LogP contribution in [0.15, 0.2) is 23.0 Å². The summed E-state index contributed by atoms with van der Waals surface area (Å²) in [4.78, 5) is 9.39. The predicted octanol–water partition coefficient (Wildman–Crippen LogP) is 2.88. The molecule has 2 N–H and O–H groups in total. The molecule has 17 heavy (non-hydrogen) atoms. The zero-order valence-corrected chi connectivity index (χ0v) is 11.2. The number of nitrogens with two attached hydrogens (primary N) is 1. The van der Waals surface area contributed by atoms with Gasteiger partial charge in [0.25, 0.3) is 0 Å². The van der Waals surface area contributed by atoms with E-state index in [2.05, 4.69) is 22.9 Å². The third-order valence-corrected chi connectivity index (χ3v) is 5.21. The number of fused-ring (bicyclic) bond motifs is 1. The van der Waals surface area contributed by atoms with E-state index >= 15 is 0 Å². The molecule has 1 aromatic rings. The molecule has 1 aromatic heterocycles. The summed E-state index contributed by atoms with van der Waals surface area (Å²) in [5.41, 5.74) is 7.00. The minimum atomic E-state index is 0.361. The summed E-state index contributed by atoms with van der Waals surface area (Å²) in [6, 6.07) is 2.43. The largest absolute Gasteiger partial charge is 0.351 e. The van der Waals surface area contributed by atoms with Crippen LogP contribution in [0.2, 0.25) is 0 Å². The maximum Gasteiger partial charge on any atom is 0.169 e. The minimum absolute atomic E-state index is 0.361. The highest BCUT2D eigenvalue weighted by Gasteiger charge is 2.24. The monoisotopic (exact) mass is 265 g/mol. The van der Waals surface area contributed by atoms with Gasteiger partial charge >= 0.3 is 0 Å². The van der Waals surface area contributed by atoms with Crippen LogP contribution in [0.5, 0.6) is 0 Å². The Kier molecular flexibility index (Phi) is 2.98. The number of hydrogen-bond acceptors (Lipinski definition) is 5. The Morgan fingerprint density at radius 3 is 2.94 bits per heavy atom. The van der Waals surface area contributed by atoms with Crippen molar-refractivity contribution in [3.05, 3.63) is 22.9 Å². The van der Waals surface area contributed by atoms with Crippen molar-refractivity contribution in [1.29, 1.82) is 0 Å². The number of piperidine rings is 1. The van der Waals surface area contributed by atoms with Gasteiger partial charge in [-0.05, 0) is 24.3 Å². The predicted molar refractivity (Wildman–Crippen MR) is 76.8 cm³/mol. The molecule has 0 atom stereocenters. The van der Waals surface area contributed by atoms with Crippen molar-refractivity contribution in [2.45, 2.75) is 18.9 Å². The van der Waals surface area contributed by atoms with Crippen LogP contribution in [0.3, 0.4) is 0 Å². The fourth-order valence-electron chi connectivity index (χ4n) is 2.11.